The zero-order valence-corrected chi connectivity index (χ0v) is 25.8. The fraction of sp³-hybridized carbons (Fsp3) is 0.314. The molecule has 0 radical (unpaired) electrons. The monoisotopic (exact) mass is 633 g/mol. The maximum Gasteiger partial charge on any atom is 0.242 e. The molecule has 47 heavy (non-hydrogen) atoms. The highest BCUT2D eigenvalue weighted by Gasteiger charge is 2.54. The van der Waals surface area contributed by atoms with E-state index in [4.69, 9.17) is 5.10 Å². The van der Waals surface area contributed by atoms with Crippen LogP contribution < -0.4 is 5.32 Å². The highest BCUT2D eigenvalue weighted by molar-refractivity contribution is 5.94. The van der Waals surface area contributed by atoms with E-state index in [9.17, 15) is 16.7 Å². The minimum atomic E-state index is -2.65. The molecule has 2 amide bonds. The van der Waals surface area contributed by atoms with Crippen LogP contribution >= 0.6 is 0 Å². The molecule has 2 aromatic carbocycles. The smallest absolute Gasteiger partial charge is 0.242 e. The lowest BCUT2D eigenvalue weighted by molar-refractivity contribution is -0.143. The fourth-order valence-corrected chi connectivity index (χ4v) is 6.96. The Morgan fingerprint density at radius 2 is 1.91 bits per heavy atom. The summed E-state index contributed by atoms with van der Waals surface area (Å²) in [4.78, 5) is 39.6. The summed E-state index contributed by atoms with van der Waals surface area (Å²) in [6.07, 6.45) is 5.18. The van der Waals surface area contributed by atoms with E-state index in [1.54, 1.807) is 21.8 Å². The number of pyridine rings is 1. The number of amides is 2. The lowest BCUT2D eigenvalue weighted by Gasteiger charge is -2.31. The zero-order valence-electron chi connectivity index (χ0n) is 27.8. The lowest BCUT2D eigenvalue weighted by Crippen LogP contribution is -2.46. The molecule has 3 aromatic heterocycles. The summed E-state index contributed by atoms with van der Waals surface area (Å²) in [5, 5.41) is 13.2. The van der Waals surface area contributed by atoms with Crippen molar-refractivity contribution in [3.8, 4) is 22.8 Å². The van der Waals surface area contributed by atoms with Crippen LogP contribution in [0, 0.1) is 11.2 Å². The third kappa shape index (κ3) is 5.18. The van der Waals surface area contributed by atoms with E-state index in [1.807, 2.05) is 61.7 Å². The first-order valence-electron chi connectivity index (χ1n) is 16.7. The van der Waals surface area contributed by atoms with Crippen LogP contribution in [0.25, 0.3) is 39.3 Å². The average molecular weight is 634 g/mol. The quantitative estimate of drug-likeness (QED) is 0.300. The molecule has 1 spiro atoms. The van der Waals surface area contributed by atoms with Gasteiger partial charge in [-0.25, -0.2) is 14.1 Å². The van der Waals surface area contributed by atoms with Crippen molar-refractivity contribution in [3.63, 3.8) is 0 Å². The maximum atomic E-state index is 14.3. The first kappa shape index (κ1) is 26.9. The Hall–Kier alpha value is -5.23. The van der Waals surface area contributed by atoms with E-state index in [0.717, 1.165) is 33.2 Å². The van der Waals surface area contributed by atoms with Gasteiger partial charge < -0.3 is 15.1 Å². The predicted octanol–water partition coefficient (Wildman–Crippen LogP) is 4.06. The molecule has 6 heterocycles. The van der Waals surface area contributed by atoms with E-state index in [0.29, 0.717) is 55.2 Å². The molecule has 0 saturated carbocycles. The number of carbonyl (C=O) groups is 2. The van der Waals surface area contributed by atoms with Crippen LogP contribution in [0.3, 0.4) is 0 Å². The number of nitrogens with zero attached hydrogens (tertiary/aromatic N) is 8. The van der Waals surface area contributed by atoms with Gasteiger partial charge in [-0.05, 0) is 48.7 Å². The van der Waals surface area contributed by atoms with Gasteiger partial charge in [0.05, 0.1) is 25.6 Å². The van der Waals surface area contributed by atoms with Crippen molar-refractivity contribution in [1.82, 2.24) is 44.6 Å². The number of hydrogen-bond donors (Lipinski definition) is 1. The normalized spacial score (nSPS) is 22.2. The number of halogens is 1. The largest absolute Gasteiger partial charge is 0.337 e. The van der Waals surface area contributed by atoms with Gasteiger partial charge in [0.1, 0.15) is 30.5 Å². The van der Waals surface area contributed by atoms with Gasteiger partial charge in [0.2, 0.25) is 11.8 Å². The van der Waals surface area contributed by atoms with E-state index < -0.39 is 35.7 Å². The molecule has 0 bridgehead atoms. The third-order valence-electron chi connectivity index (χ3n) is 9.48. The minimum absolute atomic E-state index is 0.210. The molecule has 12 heteroatoms. The van der Waals surface area contributed by atoms with E-state index in [2.05, 4.69) is 20.4 Å². The summed E-state index contributed by atoms with van der Waals surface area (Å²) in [5.41, 5.74) is 3.69. The average Bonchev–Trinajstić information content (AvgIpc) is 3.92. The highest BCUT2D eigenvalue weighted by atomic mass is 19.1. The summed E-state index contributed by atoms with van der Waals surface area (Å²) < 4.78 is 35.6. The Morgan fingerprint density at radius 1 is 1.09 bits per heavy atom. The molecule has 3 aliphatic heterocycles. The molecule has 0 aliphatic carbocycles. The molecule has 238 valence electrons. The number of aryl methyl sites for hydroxylation is 1. The number of rotatable bonds is 6. The van der Waals surface area contributed by atoms with Crippen molar-refractivity contribution in [2.75, 3.05) is 32.7 Å². The lowest BCUT2D eigenvalue weighted by atomic mass is 9.85. The minimum Gasteiger partial charge on any atom is -0.337 e. The second-order valence-corrected chi connectivity index (χ2v) is 12.4. The SMILES string of the molecule is [2H]C([2H])(C(=O)N1CC=C(c2ccc(-c3ncn(C)n3)cc2)CC1)N1C(=O)C2(CCNC2)C[C@@H]1n1nc(-c2ccc(F)cn2)c2ccccc21. The van der Waals surface area contributed by atoms with Gasteiger partial charge in [0, 0.05) is 44.1 Å². The maximum absolute atomic E-state index is 14.3. The topological polar surface area (TPSA) is 114 Å². The number of nitrogens with one attached hydrogen (secondary N) is 1. The standard InChI is InChI=1S/C35H34FN9O2/c1-42-22-39-33(41-42)25-8-6-23(7-9-25)24-12-16-43(17-13-24)31(46)20-44-30(18-35(34(44)47)14-15-37-21-35)45-29-5-3-2-4-27(29)32(40-45)28-11-10-26(36)19-38-28/h2-12,19,22,30,37H,13-18,20-21H2,1H3/t30-,35?/m0/s1/i20D2. The first-order valence-corrected chi connectivity index (χ1v) is 15.7. The Balaban J connectivity index is 1.10. The molecular weight excluding hydrogens is 597 g/mol. The number of aromatic nitrogens is 6. The molecule has 2 saturated heterocycles. The second kappa shape index (κ2) is 11.5. The van der Waals surface area contributed by atoms with Crippen LogP contribution in [-0.2, 0) is 16.6 Å². The van der Waals surface area contributed by atoms with Crippen molar-refractivity contribution in [2.24, 2.45) is 12.5 Å². The van der Waals surface area contributed by atoms with Crippen molar-refractivity contribution in [1.29, 1.82) is 0 Å². The number of fused-ring (bicyclic) bond motifs is 1. The zero-order chi connectivity index (χ0) is 33.9. The van der Waals surface area contributed by atoms with Crippen LogP contribution in [0.4, 0.5) is 4.39 Å². The number of likely N-dealkylation sites (tertiary alicyclic amines) is 1. The summed E-state index contributed by atoms with van der Waals surface area (Å²) in [6.45, 7) is -1.13. The summed E-state index contributed by atoms with van der Waals surface area (Å²) >= 11 is 0. The molecule has 1 N–H and O–H groups in total. The van der Waals surface area contributed by atoms with E-state index in [-0.39, 0.29) is 13.0 Å². The van der Waals surface area contributed by atoms with Crippen LogP contribution in [-0.4, -0.2) is 83.8 Å². The number of benzene rings is 2. The second-order valence-electron chi connectivity index (χ2n) is 12.4. The van der Waals surface area contributed by atoms with Gasteiger partial charge >= 0.3 is 0 Å². The predicted molar refractivity (Wildman–Crippen MR) is 174 cm³/mol. The molecular formula is C35H34FN9O2. The summed E-state index contributed by atoms with van der Waals surface area (Å²) in [5.74, 6) is -1.00. The first-order chi connectivity index (χ1) is 23.6. The van der Waals surface area contributed by atoms with Crippen LogP contribution in [0.5, 0.6) is 0 Å². The highest BCUT2D eigenvalue weighted by Crippen LogP contribution is 2.46. The van der Waals surface area contributed by atoms with Crippen molar-refractivity contribution in [2.45, 2.75) is 25.4 Å². The molecule has 2 fully saturated rings. The van der Waals surface area contributed by atoms with Gasteiger partial charge in [-0.2, -0.15) is 10.2 Å². The Kier molecular flexibility index (Phi) is 6.61. The Labute approximate surface area is 273 Å². The van der Waals surface area contributed by atoms with Gasteiger partial charge in [-0.1, -0.05) is 48.5 Å². The number of hydrogen-bond acceptors (Lipinski definition) is 7. The Bertz CT molecular complexity index is 2100. The molecule has 3 aliphatic rings. The van der Waals surface area contributed by atoms with E-state index >= 15 is 0 Å². The Morgan fingerprint density at radius 3 is 2.62 bits per heavy atom. The molecule has 8 rings (SSSR count). The van der Waals surface area contributed by atoms with Gasteiger partial charge in [-0.3, -0.25) is 19.3 Å². The van der Waals surface area contributed by atoms with E-state index in [1.165, 1.54) is 11.0 Å². The van der Waals surface area contributed by atoms with Crippen molar-refractivity contribution < 1.29 is 16.7 Å². The molecule has 1 unspecified atom stereocenters. The van der Waals surface area contributed by atoms with Crippen LogP contribution in [0.15, 0.2) is 79.3 Å². The summed E-state index contributed by atoms with van der Waals surface area (Å²) in [6, 6.07) is 18.2. The summed E-state index contributed by atoms with van der Waals surface area (Å²) in [7, 11) is 1.82. The number of carbonyl (C=O) groups excluding carboxylic acids is 2. The third-order valence-corrected chi connectivity index (χ3v) is 9.48. The molecule has 5 aromatic rings. The van der Waals surface area contributed by atoms with Gasteiger partial charge in [-0.15, -0.1) is 0 Å². The van der Waals surface area contributed by atoms with Crippen molar-refractivity contribution >= 4 is 28.3 Å². The molecule has 2 atom stereocenters. The fourth-order valence-electron chi connectivity index (χ4n) is 6.96. The van der Waals surface area contributed by atoms with Gasteiger partial charge in [0.25, 0.3) is 0 Å². The van der Waals surface area contributed by atoms with Crippen LogP contribution in [0.2, 0.25) is 0 Å². The van der Waals surface area contributed by atoms with Crippen LogP contribution in [0.1, 0.15) is 33.7 Å². The molecule has 11 nitrogen and oxygen atoms in total. The van der Waals surface area contributed by atoms with Crippen molar-refractivity contribution in [3.05, 3.63) is 90.6 Å². The van der Waals surface area contributed by atoms with Gasteiger partial charge in [0.15, 0.2) is 5.82 Å². The number of para-hydroxylation sites is 1.